The van der Waals surface area contributed by atoms with Gasteiger partial charge in [-0.25, -0.2) is 19.9 Å². The molecule has 16 atom stereocenters. The Bertz CT molecular complexity index is 6280. The Labute approximate surface area is 820 Å². The molecule has 9 aliphatic heterocycles. The predicted molar refractivity (Wildman–Crippen MR) is 542 cm³/mol. The number of nitrogens with one attached hydrogen (secondary N) is 8. The zero-order valence-electron chi connectivity index (χ0n) is 86.7. The van der Waals surface area contributed by atoms with Crippen LogP contribution in [-0.2, 0) is 81.0 Å². The number of aryl methyl sites for hydroxylation is 1. The maximum Gasteiger partial charge on any atom is 0.280 e. The highest BCUT2D eigenvalue weighted by Gasteiger charge is 2.63. The second-order valence-electron chi connectivity index (χ2n) is 46.4. The Hall–Kier alpha value is -8.21. The van der Waals surface area contributed by atoms with Gasteiger partial charge in [0.2, 0.25) is 23.8 Å². The Balaban J connectivity index is 0.719. The number of anilines is 4. The van der Waals surface area contributed by atoms with Crippen molar-refractivity contribution in [2.24, 2.45) is 0 Å². The van der Waals surface area contributed by atoms with Crippen LogP contribution in [0, 0.1) is 0 Å². The molecular formula is C96H148N20O20Si4. The van der Waals surface area contributed by atoms with Crippen molar-refractivity contribution in [1.29, 1.82) is 0 Å². The monoisotopic (exact) mass is 2010 g/mol. The highest BCUT2D eigenvalue weighted by Crippen LogP contribution is 2.52. The largest absolute Gasteiger partial charge is 0.414 e. The van der Waals surface area contributed by atoms with Gasteiger partial charge in [-0.15, -0.1) is 0 Å². The third-order valence-electron chi connectivity index (χ3n) is 30.0. The third kappa shape index (κ3) is 21.1. The Morgan fingerprint density at radius 2 is 0.586 bits per heavy atom. The molecule has 140 heavy (non-hydrogen) atoms. The number of nitrogens with zero attached hydrogens (tertiary/aromatic N) is 12. The number of fused-ring (bicyclic) bond motifs is 12. The van der Waals surface area contributed by atoms with E-state index in [-0.39, 0.29) is 115 Å². The maximum atomic E-state index is 14.8. The molecule has 0 aliphatic carbocycles. The molecule has 768 valence electrons. The molecule has 0 saturated carbocycles. The Morgan fingerprint density at radius 1 is 0.336 bits per heavy atom. The Morgan fingerprint density at radius 3 is 0.886 bits per heavy atom. The summed E-state index contributed by atoms with van der Waals surface area (Å²) in [6.07, 6.45) is 8.83. The number of rotatable bonds is 16. The van der Waals surface area contributed by atoms with Crippen LogP contribution in [-0.4, -0.2) is 254 Å². The molecule has 0 amide bonds. The van der Waals surface area contributed by atoms with Gasteiger partial charge in [-0.3, -0.25) is 57.4 Å². The summed E-state index contributed by atoms with van der Waals surface area (Å²) >= 11 is 0. The van der Waals surface area contributed by atoms with Gasteiger partial charge in [0.25, 0.3) is 22.2 Å². The van der Waals surface area contributed by atoms with E-state index in [4.69, 9.17) is 114 Å². The SMILES string of the molecule is CC1(C)O[C@@H]2[C@H](O1)[C@@H](CO[Si](C)(C)C(C)(C)C)O[C@H]2n1c2nc3c(=O)[nH]c(nc31)NCCCC=CNc1nc3c(nc(n3[C@@H]3O[C@H](CO[Si](C)(C)C(C)(C)C)[C@H]4OC(C)(C)O[C@H]43)CCCC=Cc3nc4c(=O)[nH]c(nc4n3[C@@H]3O[C@H](CO[Si](C)(C)C(C)(C)C)[C@H]4OC(C)(C)O[C@H]43)NCCCC=Cc3nc4c(=O)[nH]c(nc4n3[C@@H]3O[C@H](CO[Si](C)(C)C(C)(C)C)[C@H]4OC(C)(C)O[C@H]43)NCCCC=C2)c(=O)[nH]1. The summed E-state index contributed by atoms with van der Waals surface area (Å²) in [7, 11) is -9.27. The topological polar surface area (TPSA) is 450 Å². The van der Waals surface area contributed by atoms with E-state index in [9.17, 15) is 19.2 Å². The number of allylic oxidation sites excluding steroid dienone is 4. The summed E-state index contributed by atoms with van der Waals surface area (Å²) < 4.78 is 117. The molecule has 8 saturated heterocycles. The summed E-state index contributed by atoms with van der Waals surface area (Å²) in [4.78, 5) is 111. The van der Waals surface area contributed by atoms with E-state index in [0.717, 1.165) is 0 Å². The minimum absolute atomic E-state index is 0.0730. The number of aromatic amines is 4. The van der Waals surface area contributed by atoms with E-state index in [0.29, 0.717) is 101 Å². The lowest BCUT2D eigenvalue weighted by atomic mass is 10.1. The predicted octanol–water partition coefficient (Wildman–Crippen LogP) is 15.2. The second kappa shape index (κ2) is 38.3. The zero-order chi connectivity index (χ0) is 101. The van der Waals surface area contributed by atoms with E-state index >= 15 is 0 Å². The van der Waals surface area contributed by atoms with E-state index in [2.05, 4.69) is 177 Å². The first kappa shape index (κ1) is 103. The molecule has 12 bridgehead atoms. The minimum atomic E-state index is -2.33. The van der Waals surface area contributed by atoms with Gasteiger partial charge >= 0.3 is 0 Å². The molecule has 8 aromatic heterocycles. The molecule has 17 heterocycles. The van der Waals surface area contributed by atoms with Crippen molar-refractivity contribution in [3.63, 3.8) is 0 Å². The van der Waals surface area contributed by atoms with Crippen LogP contribution in [0.25, 0.3) is 62.9 Å². The van der Waals surface area contributed by atoms with Crippen molar-refractivity contribution in [3.8, 4) is 0 Å². The zero-order valence-corrected chi connectivity index (χ0v) is 90.7. The van der Waals surface area contributed by atoms with Crippen LogP contribution in [0.2, 0.25) is 72.5 Å². The van der Waals surface area contributed by atoms with Gasteiger partial charge in [0.05, 0.1) is 26.4 Å². The lowest BCUT2D eigenvalue weighted by molar-refractivity contribution is -0.199. The fourth-order valence-corrected chi connectivity index (χ4v) is 22.4. The molecule has 8 aromatic rings. The van der Waals surface area contributed by atoms with Crippen LogP contribution in [0.4, 0.5) is 23.8 Å². The molecule has 0 unspecified atom stereocenters. The van der Waals surface area contributed by atoms with Gasteiger partial charge in [0.1, 0.15) is 96.5 Å². The maximum absolute atomic E-state index is 14.8. The first-order chi connectivity index (χ1) is 65.4. The highest BCUT2D eigenvalue weighted by atomic mass is 28.4. The number of imidazole rings is 4. The summed E-state index contributed by atoms with van der Waals surface area (Å²) in [6.45, 7) is 61.0. The second-order valence-corrected chi connectivity index (χ2v) is 65.7. The molecule has 40 nitrogen and oxygen atoms in total. The van der Waals surface area contributed by atoms with E-state index in [1.54, 1.807) is 6.20 Å². The fourth-order valence-electron chi connectivity index (χ4n) is 18.4. The third-order valence-corrected chi connectivity index (χ3v) is 48.0. The van der Waals surface area contributed by atoms with E-state index in [1.807, 2.05) is 116 Å². The lowest BCUT2D eigenvalue weighted by Crippen LogP contribution is -2.44. The smallest absolute Gasteiger partial charge is 0.280 e. The van der Waals surface area contributed by atoms with E-state index in [1.165, 1.54) is 0 Å². The molecule has 8 N–H and O–H groups in total. The fraction of sp³-hybridized carbons (Fsp3) is 0.708. The molecule has 0 spiro atoms. The van der Waals surface area contributed by atoms with Crippen LogP contribution in [0.5, 0.6) is 0 Å². The van der Waals surface area contributed by atoms with Crippen molar-refractivity contribution in [2.45, 2.75) is 390 Å². The van der Waals surface area contributed by atoms with Gasteiger partial charge in [-0.1, -0.05) is 107 Å². The Kier molecular flexibility index (Phi) is 28.2. The summed E-state index contributed by atoms with van der Waals surface area (Å²) in [5.74, 6) is -1.59. The van der Waals surface area contributed by atoms with Gasteiger partial charge in [-0.05, 0) is 204 Å². The van der Waals surface area contributed by atoms with Crippen LogP contribution in [0.15, 0.2) is 49.7 Å². The van der Waals surface area contributed by atoms with Crippen molar-refractivity contribution in [2.75, 3.05) is 67.3 Å². The van der Waals surface area contributed by atoms with Crippen molar-refractivity contribution >= 4 is 120 Å². The summed E-state index contributed by atoms with van der Waals surface area (Å²) in [6, 6.07) is 0. The van der Waals surface area contributed by atoms with Crippen molar-refractivity contribution < 1.29 is 74.5 Å². The normalized spacial score (nSPS) is 28.4. The highest BCUT2D eigenvalue weighted by molar-refractivity contribution is 6.75. The van der Waals surface area contributed by atoms with Crippen LogP contribution < -0.4 is 43.5 Å². The quantitative estimate of drug-likeness (QED) is 0.0416. The van der Waals surface area contributed by atoms with Crippen LogP contribution in [0.3, 0.4) is 0 Å². The van der Waals surface area contributed by atoms with Gasteiger partial charge in [-0.2, -0.15) is 19.9 Å². The number of aromatic nitrogens is 16. The average molecular weight is 2010 g/mol. The number of hydrogen-bond acceptors (Lipinski definition) is 32. The molecule has 0 radical (unpaired) electrons. The number of hydrogen-bond donors (Lipinski definition) is 8. The molecule has 44 heteroatoms. The average Bonchev–Trinajstić information content (AvgIpc) is 1.59. The molecule has 8 fully saturated rings. The van der Waals surface area contributed by atoms with Gasteiger partial charge in [0.15, 0.2) is 126 Å². The number of H-pyrrole nitrogens is 4. The molecule has 0 aromatic carbocycles. The summed E-state index contributed by atoms with van der Waals surface area (Å²) in [5, 5.41) is 13.0. The van der Waals surface area contributed by atoms with Crippen molar-refractivity contribution in [3.05, 3.63) is 95.2 Å². The minimum Gasteiger partial charge on any atom is -0.414 e. The molecular weight excluding hydrogens is 1870 g/mol. The standard InChI is InChI=1S/C96H148N20O20Si4/c1-89(2,3)137(21,22)121-49-53-65-69(133-93(13,14)129-65)81(125-53)113-57-41-33-29-34-42-58-102-62-74(114(58)82-70-66(130-94(15,16)134-70)54(126-82)50-122-138(23,24)90(4,5)6)107-87(111-78(62)118)99-47-39-32-40-48-100-88-108-76-64(80(120)112-88)104-60(116(76)84-72-68(132-96(19,20)136-72)56(128-84)52-124-140(27,28)92(10,11)12)44-36-31-38-46-98-86-106-75-63(79(119)110-86)103-59(43-35-30-37-45-97-85-105-73(113)61(101-57)77(117)109-85)115(75)83-71-67(131-95(17,18)135-71)55(127-83)51-123-139(25,26)91(7,8)9/h33,35-36,39,41,43-44,47,53-56,65-72,81-84H,29-32,34,37-38,40,42,45-46,48-52H2,1-28H3,(H2,97,105,109,117)(H2,98,106,110,119)(H2,99,107,111,118)(H2,100,108,112,120)/t53-,54-,55-,56-,65-,66-,67-,68-,69-,70-,71-,72-,81-,82-,83-,84-/m1/s1. The molecule has 17 rings (SSSR count). The van der Waals surface area contributed by atoms with Gasteiger partial charge in [0, 0.05) is 26.1 Å². The summed E-state index contributed by atoms with van der Waals surface area (Å²) in [5.41, 5.74) is -0.558. The molecule has 9 aliphatic rings. The van der Waals surface area contributed by atoms with Crippen LogP contribution >= 0.6 is 0 Å². The van der Waals surface area contributed by atoms with Crippen LogP contribution in [0.1, 0.15) is 238 Å². The first-order valence-electron chi connectivity index (χ1n) is 49.8. The number of ether oxygens (including phenoxy) is 12. The van der Waals surface area contributed by atoms with E-state index < -0.39 is 177 Å². The first-order valence-corrected chi connectivity index (χ1v) is 61.4. The van der Waals surface area contributed by atoms with Gasteiger partial charge < -0.3 is 95.8 Å². The lowest BCUT2D eigenvalue weighted by Gasteiger charge is -2.37. The van der Waals surface area contributed by atoms with Crippen molar-refractivity contribution in [1.82, 2.24) is 78.1 Å².